The van der Waals surface area contributed by atoms with Crippen molar-refractivity contribution >= 4 is 19.8 Å². The molecule has 0 radical (unpaired) electrons. The van der Waals surface area contributed by atoms with Gasteiger partial charge in [-0.15, -0.1) is 0 Å². The Hall–Kier alpha value is -3.33. The average molecular weight is 1020 g/mol. The molecule has 2 atom stereocenters. The minimum atomic E-state index is -4.65. The molecular weight excluding hydrogens is 918 g/mol. The van der Waals surface area contributed by atoms with Crippen LogP contribution in [0.5, 0.6) is 0 Å². The summed E-state index contributed by atoms with van der Waals surface area (Å²) in [6.07, 6.45) is 72.7. The van der Waals surface area contributed by atoms with Crippen LogP contribution in [0.2, 0.25) is 0 Å². The molecule has 0 N–H and O–H groups in total. The number of quaternary nitrogens is 1. The molecule has 0 rings (SSSR count). The Labute approximate surface area is 442 Å². The third kappa shape index (κ3) is 56.0. The number of esters is 2. The molecule has 0 heterocycles. The van der Waals surface area contributed by atoms with Crippen molar-refractivity contribution < 1.29 is 42.1 Å². The molecule has 10 heteroatoms. The maximum atomic E-state index is 12.8. The Kier molecular flexibility index (Phi) is 50.1. The quantitative estimate of drug-likeness (QED) is 0.0195. The monoisotopic (exact) mass is 1020 g/mol. The van der Waals surface area contributed by atoms with Crippen LogP contribution in [0, 0.1) is 0 Å². The minimum absolute atomic E-state index is 0.0388. The first kappa shape index (κ1) is 68.7. The fraction of sp³-hybridized carbons (Fsp3) is 0.677. The minimum Gasteiger partial charge on any atom is -0.756 e. The number of ether oxygens (including phenoxy) is 2. The van der Waals surface area contributed by atoms with E-state index in [-0.39, 0.29) is 26.1 Å². The van der Waals surface area contributed by atoms with Gasteiger partial charge in [0.1, 0.15) is 19.8 Å². The van der Waals surface area contributed by atoms with Gasteiger partial charge in [-0.1, -0.05) is 220 Å². The lowest BCUT2D eigenvalue weighted by Gasteiger charge is -2.28. The maximum Gasteiger partial charge on any atom is 0.306 e. The molecule has 0 fully saturated rings. The molecule has 72 heavy (non-hydrogen) atoms. The predicted octanol–water partition coefficient (Wildman–Crippen LogP) is 17.2. The maximum absolute atomic E-state index is 12.8. The van der Waals surface area contributed by atoms with Gasteiger partial charge >= 0.3 is 11.9 Å². The van der Waals surface area contributed by atoms with Crippen molar-refractivity contribution in [2.24, 2.45) is 0 Å². The van der Waals surface area contributed by atoms with Crippen LogP contribution >= 0.6 is 7.82 Å². The molecule has 2 unspecified atom stereocenters. The van der Waals surface area contributed by atoms with Crippen LogP contribution in [0.15, 0.2) is 109 Å². The second-order valence-corrected chi connectivity index (χ2v) is 21.3. The molecule has 0 aromatic rings. The van der Waals surface area contributed by atoms with Crippen LogP contribution in [0.25, 0.3) is 0 Å². The second kappa shape index (κ2) is 52.5. The lowest BCUT2D eigenvalue weighted by Crippen LogP contribution is -2.37. The summed E-state index contributed by atoms with van der Waals surface area (Å²) in [6, 6.07) is 0. The first-order chi connectivity index (χ1) is 35.0. The molecule has 0 aliphatic rings. The molecule has 9 nitrogen and oxygen atoms in total. The third-order valence-corrected chi connectivity index (χ3v) is 12.8. The van der Waals surface area contributed by atoms with E-state index in [2.05, 4.69) is 123 Å². The van der Waals surface area contributed by atoms with Gasteiger partial charge in [0.25, 0.3) is 7.82 Å². The average Bonchev–Trinajstić information content (AvgIpc) is 3.34. The molecule has 0 saturated heterocycles. The van der Waals surface area contributed by atoms with Crippen molar-refractivity contribution in [3.8, 4) is 0 Å². The number of nitrogens with zero attached hydrogens (tertiary/aromatic N) is 1. The summed E-state index contributed by atoms with van der Waals surface area (Å²) in [5.41, 5.74) is 0. The third-order valence-electron chi connectivity index (χ3n) is 11.8. The lowest BCUT2D eigenvalue weighted by atomic mass is 10.0. The van der Waals surface area contributed by atoms with E-state index in [0.29, 0.717) is 23.9 Å². The summed E-state index contributed by atoms with van der Waals surface area (Å²) >= 11 is 0. The number of carbonyl (C=O) groups is 2. The van der Waals surface area contributed by atoms with Gasteiger partial charge in [0.2, 0.25) is 0 Å². The highest BCUT2D eigenvalue weighted by atomic mass is 31.2. The smallest absolute Gasteiger partial charge is 0.306 e. The molecule has 0 spiro atoms. The van der Waals surface area contributed by atoms with Crippen molar-refractivity contribution in [2.75, 3.05) is 47.5 Å². The van der Waals surface area contributed by atoms with Gasteiger partial charge in [0.15, 0.2) is 6.10 Å². The van der Waals surface area contributed by atoms with Crippen molar-refractivity contribution in [3.05, 3.63) is 109 Å². The molecule has 0 aliphatic carbocycles. The molecular formula is C62H106NO8P. The summed E-state index contributed by atoms with van der Waals surface area (Å²) in [7, 11) is 1.14. The van der Waals surface area contributed by atoms with E-state index in [1.54, 1.807) is 0 Å². The molecule has 0 bridgehead atoms. The number of phosphoric acid groups is 1. The standard InChI is InChI=1S/C62H106NO8P/c1-6-8-10-12-14-16-18-20-22-24-26-27-28-29-30-31-32-33-34-35-37-39-41-43-45-47-49-51-53-55-62(65)71-60(59-70-72(66,67)69-57-56-63(3,4)5)58-68-61(64)54-52-50-48-46-44-42-40-38-36-25-23-21-19-17-15-13-11-9-7-2/h8-11,14-17,20-23,26-27,29-30,36,38,60H,6-7,12-13,18-19,24-25,28,31-35,37,39-59H2,1-5H3/b10-8-,11-9-,16-14-,17-15-,22-20-,23-21-,27-26-,30-29-,38-36-. The molecule has 0 amide bonds. The summed E-state index contributed by atoms with van der Waals surface area (Å²) in [6.45, 7) is 3.99. The zero-order valence-corrected chi connectivity index (χ0v) is 47.5. The van der Waals surface area contributed by atoms with Gasteiger partial charge in [0, 0.05) is 12.8 Å². The van der Waals surface area contributed by atoms with Gasteiger partial charge < -0.3 is 27.9 Å². The molecule has 0 aromatic heterocycles. The fourth-order valence-corrected chi connectivity index (χ4v) is 8.17. The van der Waals surface area contributed by atoms with Crippen LogP contribution in [0.3, 0.4) is 0 Å². The number of unbranched alkanes of at least 4 members (excludes halogenated alkanes) is 19. The van der Waals surface area contributed by atoms with Crippen molar-refractivity contribution in [3.63, 3.8) is 0 Å². The van der Waals surface area contributed by atoms with Crippen molar-refractivity contribution in [1.29, 1.82) is 0 Å². The first-order valence-electron chi connectivity index (χ1n) is 28.6. The summed E-state index contributed by atoms with van der Waals surface area (Å²) in [5.74, 6) is -0.855. The highest BCUT2D eigenvalue weighted by Crippen LogP contribution is 2.38. The predicted molar refractivity (Wildman–Crippen MR) is 305 cm³/mol. The van der Waals surface area contributed by atoms with Gasteiger partial charge in [-0.3, -0.25) is 14.2 Å². The van der Waals surface area contributed by atoms with E-state index >= 15 is 0 Å². The van der Waals surface area contributed by atoms with Gasteiger partial charge in [-0.05, 0) is 96.3 Å². The summed E-state index contributed by atoms with van der Waals surface area (Å²) in [4.78, 5) is 37.9. The van der Waals surface area contributed by atoms with Crippen LogP contribution in [0.1, 0.15) is 219 Å². The summed E-state index contributed by atoms with van der Waals surface area (Å²) in [5, 5.41) is 0. The Morgan fingerprint density at radius 1 is 0.431 bits per heavy atom. The topological polar surface area (TPSA) is 111 Å². The largest absolute Gasteiger partial charge is 0.756 e. The Balaban J connectivity index is 4.19. The number of allylic oxidation sites excluding steroid dienone is 18. The van der Waals surface area contributed by atoms with Gasteiger partial charge in [-0.2, -0.15) is 0 Å². The highest BCUT2D eigenvalue weighted by molar-refractivity contribution is 7.45. The molecule has 0 saturated carbocycles. The fourth-order valence-electron chi connectivity index (χ4n) is 7.44. The van der Waals surface area contributed by atoms with E-state index in [1.165, 1.54) is 64.2 Å². The van der Waals surface area contributed by atoms with E-state index in [1.807, 2.05) is 21.1 Å². The Morgan fingerprint density at radius 3 is 1.11 bits per heavy atom. The van der Waals surface area contributed by atoms with Gasteiger partial charge in [0.05, 0.1) is 27.7 Å². The lowest BCUT2D eigenvalue weighted by molar-refractivity contribution is -0.870. The van der Waals surface area contributed by atoms with Crippen LogP contribution in [0.4, 0.5) is 0 Å². The number of rotatable bonds is 51. The van der Waals surface area contributed by atoms with Crippen LogP contribution in [-0.4, -0.2) is 70.0 Å². The number of hydrogen-bond donors (Lipinski definition) is 0. The van der Waals surface area contributed by atoms with Crippen molar-refractivity contribution in [2.45, 2.75) is 225 Å². The van der Waals surface area contributed by atoms with Gasteiger partial charge in [-0.25, -0.2) is 0 Å². The number of likely N-dealkylation sites (N-methyl/N-ethyl adjacent to an activating group) is 1. The Bertz CT molecular complexity index is 1580. The zero-order chi connectivity index (χ0) is 52.7. The van der Waals surface area contributed by atoms with E-state index < -0.39 is 32.5 Å². The van der Waals surface area contributed by atoms with Crippen LogP contribution < -0.4 is 4.89 Å². The Morgan fingerprint density at radius 2 is 0.750 bits per heavy atom. The second-order valence-electron chi connectivity index (χ2n) is 19.9. The number of carbonyl (C=O) groups excluding carboxylic acids is 2. The molecule has 0 aromatic carbocycles. The SMILES string of the molecule is CC/C=C\C/C=C\C/C=C\C/C=C\C/C=C\CCCCCCCCCCCCCCCC(=O)OC(COC(=O)CCCCCCCC/C=C\C/C=C\C/C=C\C/C=C\CC)COP(=O)([O-])OCC[N+](C)(C)C. The van der Waals surface area contributed by atoms with E-state index in [0.717, 1.165) is 116 Å². The number of hydrogen-bond acceptors (Lipinski definition) is 8. The van der Waals surface area contributed by atoms with E-state index in [9.17, 15) is 19.0 Å². The van der Waals surface area contributed by atoms with E-state index in [4.69, 9.17) is 18.5 Å². The zero-order valence-electron chi connectivity index (χ0n) is 46.6. The van der Waals surface area contributed by atoms with Crippen molar-refractivity contribution in [1.82, 2.24) is 0 Å². The summed E-state index contributed by atoms with van der Waals surface area (Å²) < 4.78 is 34.1. The highest BCUT2D eigenvalue weighted by Gasteiger charge is 2.21. The first-order valence-corrected chi connectivity index (χ1v) is 30.1. The normalized spacial score (nSPS) is 14.1. The molecule has 0 aliphatic heterocycles. The van der Waals surface area contributed by atoms with Crippen LogP contribution in [-0.2, 0) is 32.7 Å². The number of phosphoric ester groups is 1. The molecule has 412 valence electrons.